The van der Waals surface area contributed by atoms with Crippen molar-refractivity contribution < 1.29 is 5.11 Å². The van der Waals surface area contributed by atoms with Crippen molar-refractivity contribution in [1.29, 1.82) is 0 Å². The van der Waals surface area contributed by atoms with Crippen LogP contribution in [0.1, 0.15) is 32.6 Å². The molecular weight excluding hydrogens is 126 g/mol. The van der Waals surface area contributed by atoms with Crippen molar-refractivity contribution in [3.8, 4) is 0 Å². The maximum atomic E-state index is 9.42. The average Bonchev–Trinajstić information content (AvgIpc) is 2.44. The number of aliphatic hydroxyl groups is 1. The van der Waals surface area contributed by atoms with E-state index in [0.717, 1.165) is 12.8 Å². The van der Waals surface area contributed by atoms with Crippen LogP contribution in [0.4, 0.5) is 0 Å². The summed E-state index contributed by atoms with van der Waals surface area (Å²) in [5.41, 5.74) is 0.372. The van der Waals surface area contributed by atoms with Crippen LogP contribution in [-0.2, 0) is 0 Å². The van der Waals surface area contributed by atoms with Gasteiger partial charge in [0.15, 0.2) is 0 Å². The number of nitrogens with one attached hydrogen (secondary N) is 1. The van der Waals surface area contributed by atoms with Gasteiger partial charge in [0.2, 0.25) is 0 Å². The minimum absolute atomic E-state index is 0.0428. The zero-order chi connectivity index (χ0) is 7.19. The van der Waals surface area contributed by atoms with Crippen LogP contribution < -0.4 is 5.32 Å². The van der Waals surface area contributed by atoms with E-state index >= 15 is 0 Å². The highest BCUT2D eigenvalue weighted by Gasteiger charge is 2.47. The lowest BCUT2D eigenvalue weighted by molar-refractivity contribution is 0.0911. The van der Waals surface area contributed by atoms with E-state index in [2.05, 4.69) is 12.2 Å². The van der Waals surface area contributed by atoms with E-state index in [1.165, 1.54) is 12.8 Å². The van der Waals surface area contributed by atoms with Gasteiger partial charge in [0, 0.05) is 11.6 Å². The Labute approximate surface area is 61.6 Å². The standard InChI is InChI=1S/C8H15NO/c1-6-4-7(10)5-8(9-6)2-3-8/h6-7,9-10H,2-5H2,1H3/t6-,7+/m1/s1. The van der Waals surface area contributed by atoms with Gasteiger partial charge < -0.3 is 10.4 Å². The molecule has 0 aromatic rings. The van der Waals surface area contributed by atoms with Crippen molar-refractivity contribution in [3.63, 3.8) is 0 Å². The maximum Gasteiger partial charge on any atom is 0.0572 e. The Morgan fingerprint density at radius 1 is 1.50 bits per heavy atom. The van der Waals surface area contributed by atoms with Gasteiger partial charge in [-0.1, -0.05) is 0 Å². The highest BCUT2D eigenvalue weighted by Crippen LogP contribution is 2.43. The predicted molar refractivity (Wildman–Crippen MR) is 39.8 cm³/mol. The van der Waals surface area contributed by atoms with Gasteiger partial charge >= 0.3 is 0 Å². The van der Waals surface area contributed by atoms with Gasteiger partial charge in [-0.05, 0) is 32.6 Å². The summed E-state index contributed by atoms with van der Waals surface area (Å²) in [5.74, 6) is 0. The zero-order valence-electron chi connectivity index (χ0n) is 6.43. The third kappa shape index (κ3) is 1.06. The van der Waals surface area contributed by atoms with Crippen molar-refractivity contribution in [2.45, 2.75) is 50.3 Å². The second-order valence-electron chi connectivity index (χ2n) is 3.92. The molecule has 2 rings (SSSR count). The van der Waals surface area contributed by atoms with Crippen LogP contribution >= 0.6 is 0 Å². The molecule has 58 valence electrons. The molecule has 1 saturated heterocycles. The first kappa shape index (κ1) is 6.62. The quantitative estimate of drug-likeness (QED) is 0.519. The monoisotopic (exact) mass is 141 g/mol. The van der Waals surface area contributed by atoms with Gasteiger partial charge in [0.05, 0.1) is 6.10 Å². The molecule has 2 N–H and O–H groups in total. The first-order chi connectivity index (χ1) is 4.70. The molecule has 10 heavy (non-hydrogen) atoms. The zero-order valence-corrected chi connectivity index (χ0v) is 6.43. The molecule has 1 saturated carbocycles. The lowest BCUT2D eigenvalue weighted by atomic mass is 9.95. The van der Waals surface area contributed by atoms with Crippen LogP contribution in [0.15, 0.2) is 0 Å². The molecule has 0 radical (unpaired) electrons. The minimum Gasteiger partial charge on any atom is -0.393 e. The molecule has 0 aromatic carbocycles. The normalized spacial score (nSPS) is 43.8. The predicted octanol–water partition coefficient (Wildman–Crippen LogP) is 0.652. The molecule has 2 fully saturated rings. The molecule has 2 aliphatic rings. The SMILES string of the molecule is C[C@@H]1C[C@H](O)CC2(CC2)N1. The Bertz CT molecular complexity index is 130. The molecular formula is C8H15NO. The molecule has 1 heterocycles. The fourth-order valence-electron chi connectivity index (χ4n) is 2.08. The Balaban J connectivity index is 2.00. The maximum absolute atomic E-state index is 9.42. The summed E-state index contributed by atoms with van der Waals surface area (Å²) in [7, 11) is 0. The first-order valence-electron chi connectivity index (χ1n) is 4.16. The largest absolute Gasteiger partial charge is 0.393 e. The third-order valence-electron chi connectivity index (χ3n) is 2.66. The molecule has 1 spiro atoms. The van der Waals surface area contributed by atoms with Crippen LogP contribution in [0.3, 0.4) is 0 Å². The molecule has 1 aliphatic heterocycles. The topological polar surface area (TPSA) is 32.3 Å². The second kappa shape index (κ2) is 1.95. The second-order valence-corrected chi connectivity index (χ2v) is 3.92. The Kier molecular flexibility index (Phi) is 1.29. The lowest BCUT2D eigenvalue weighted by Gasteiger charge is -2.32. The first-order valence-corrected chi connectivity index (χ1v) is 4.16. The fraction of sp³-hybridized carbons (Fsp3) is 1.00. The van der Waals surface area contributed by atoms with Gasteiger partial charge in [-0.3, -0.25) is 0 Å². The number of aliphatic hydroxyl groups excluding tert-OH is 1. The molecule has 2 atom stereocenters. The van der Waals surface area contributed by atoms with E-state index in [-0.39, 0.29) is 6.10 Å². The van der Waals surface area contributed by atoms with E-state index in [9.17, 15) is 5.11 Å². The molecule has 0 unspecified atom stereocenters. The van der Waals surface area contributed by atoms with Crippen LogP contribution in [0.5, 0.6) is 0 Å². The average molecular weight is 141 g/mol. The molecule has 1 aliphatic carbocycles. The summed E-state index contributed by atoms with van der Waals surface area (Å²) < 4.78 is 0. The molecule has 2 heteroatoms. The van der Waals surface area contributed by atoms with Crippen molar-refractivity contribution >= 4 is 0 Å². The van der Waals surface area contributed by atoms with Crippen LogP contribution in [0.25, 0.3) is 0 Å². The van der Waals surface area contributed by atoms with Crippen LogP contribution in [0, 0.1) is 0 Å². The van der Waals surface area contributed by atoms with Gasteiger partial charge in [-0.2, -0.15) is 0 Å². The summed E-state index contributed by atoms with van der Waals surface area (Å²) in [5, 5.41) is 13.0. The Hall–Kier alpha value is -0.0800. The summed E-state index contributed by atoms with van der Waals surface area (Å²) >= 11 is 0. The van der Waals surface area contributed by atoms with Crippen LogP contribution in [0.2, 0.25) is 0 Å². The Morgan fingerprint density at radius 2 is 2.20 bits per heavy atom. The van der Waals surface area contributed by atoms with Gasteiger partial charge in [0.1, 0.15) is 0 Å². The van der Waals surface area contributed by atoms with E-state index in [1.807, 2.05) is 0 Å². The summed E-state index contributed by atoms with van der Waals surface area (Å²) in [6, 6.07) is 0.520. The van der Waals surface area contributed by atoms with E-state index in [4.69, 9.17) is 0 Å². The summed E-state index contributed by atoms with van der Waals surface area (Å²) in [6.45, 7) is 2.16. The number of hydrogen-bond donors (Lipinski definition) is 2. The van der Waals surface area contributed by atoms with Gasteiger partial charge in [-0.15, -0.1) is 0 Å². The van der Waals surface area contributed by atoms with E-state index in [1.54, 1.807) is 0 Å². The molecule has 0 amide bonds. The number of piperidine rings is 1. The number of hydrogen-bond acceptors (Lipinski definition) is 2. The van der Waals surface area contributed by atoms with E-state index < -0.39 is 0 Å². The van der Waals surface area contributed by atoms with Crippen molar-refractivity contribution in [2.24, 2.45) is 0 Å². The fourth-order valence-corrected chi connectivity index (χ4v) is 2.08. The number of rotatable bonds is 0. The third-order valence-corrected chi connectivity index (χ3v) is 2.66. The highest BCUT2D eigenvalue weighted by molar-refractivity contribution is 5.07. The highest BCUT2D eigenvalue weighted by atomic mass is 16.3. The summed E-state index contributed by atoms with van der Waals surface area (Å²) in [6.07, 6.45) is 4.42. The molecule has 0 aromatic heterocycles. The smallest absolute Gasteiger partial charge is 0.0572 e. The van der Waals surface area contributed by atoms with Gasteiger partial charge in [0.25, 0.3) is 0 Å². The van der Waals surface area contributed by atoms with Crippen molar-refractivity contribution in [3.05, 3.63) is 0 Å². The summed E-state index contributed by atoms with van der Waals surface area (Å²) in [4.78, 5) is 0. The van der Waals surface area contributed by atoms with Crippen LogP contribution in [-0.4, -0.2) is 22.8 Å². The van der Waals surface area contributed by atoms with E-state index in [0.29, 0.717) is 11.6 Å². The van der Waals surface area contributed by atoms with Crippen molar-refractivity contribution in [1.82, 2.24) is 5.32 Å². The lowest BCUT2D eigenvalue weighted by Crippen LogP contribution is -2.47. The molecule has 0 bridgehead atoms. The minimum atomic E-state index is -0.0428. The molecule has 2 nitrogen and oxygen atoms in total. The Morgan fingerprint density at radius 3 is 2.70 bits per heavy atom. The van der Waals surface area contributed by atoms with Crippen molar-refractivity contribution in [2.75, 3.05) is 0 Å². The van der Waals surface area contributed by atoms with Gasteiger partial charge in [-0.25, -0.2) is 0 Å².